The van der Waals surface area contributed by atoms with E-state index in [1.54, 1.807) is 0 Å². The average Bonchev–Trinajstić information content (AvgIpc) is 2.78. The third-order valence-corrected chi connectivity index (χ3v) is 4.60. The van der Waals surface area contributed by atoms with Crippen LogP contribution in [0.2, 0.25) is 0 Å². The summed E-state index contributed by atoms with van der Waals surface area (Å²) in [5.74, 6) is 0.660. The van der Waals surface area contributed by atoms with Gasteiger partial charge in [0.15, 0.2) is 5.65 Å². The molecule has 0 saturated carbocycles. The van der Waals surface area contributed by atoms with Crippen molar-refractivity contribution in [2.24, 2.45) is 7.05 Å². The SMILES string of the molecule is Cc1nn(C)c2ncc(CNCC3Cc4ccccc43)cc12. The molecule has 1 aliphatic carbocycles. The first kappa shape index (κ1) is 13.5. The molecule has 2 heterocycles. The van der Waals surface area contributed by atoms with Gasteiger partial charge in [0, 0.05) is 37.6 Å². The van der Waals surface area contributed by atoms with Crippen molar-refractivity contribution in [3.8, 4) is 0 Å². The molecule has 1 aromatic carbocycles. The maximum absolute atomic E-state index is 4.53. The molecular formula is C18H20N4. The first-order chi connectivity index (χ1) is 10.7. The van der Waals surface area contributed by atoms with Crippen LogP contribution >= 0.6 is 0 Å². The van der Waals surface area contributed by atoms with E-state index in [0.717, 1.165) is 29.8 Å². The summed E-state index contributed by atoms with van der Waals surface area (Å²) in [6.07, 6.45) is 3.15. The van der Waals surface area contributed by atoms with E-state index < -0.39 is 0 Å². The van der Waals surface area contributed by atoms with E-state index in [-0.39, 0.29) is 0 Å². The smallest absolute Gasteiger partial charge is 0.157 e. The number of aryl methyl sites for hydroxylation is 2. The molecule has 0 bridgehead atoms. The zero-order chi connectivity index (χ0) is 15.1. The molecule has 22 heavy (non-hydrogen) atoms. The van der Waals surface area contributed by atoms with E-state index in [9.17, 15) is 0 Å². The molecule has 0 aliphatic heterocycles. The number of benzene rings is 1. The standard InChI is InChI=1S/C18H20N4/c1-12-17-7-13(10-20-18(17)22(2)21-12)9-19-11-15-8-14-5-3-4-6-16(14)15/h3-7,10,15,19H,8-9,11H2,1-2H3. The van der Waals surface area contributed by atoms with Crippen molar-refractivity contribution >= 4 is 11.0 Å². The first-order valence-electron chi connectivity index (χ1n) is 7.79. The second kappa shape index (κ2) is 5.21. The van der Waals surface area contributed by atoms with Crippen LogP contribution in [0.3, 0.4) is 0 Å². The van der Waals surface area contributed by atoms with Gasteiger partial charge in [0.2, 0.25) is 0 Å². The molecule has 0 radical (unpaired) electrons. The number of nitrogens with zero attached hydrogens (tertiary/aromatic N) is 3. The topological polar surface area (TPSA) is 42.7 Å². The van der Waals surface area contributed by atoms with Gasteiger partial charge in [-0.3, -0.25) is 4.68 Å². The van der Waals surface area contributed by atoms with Gasteiger partial charge in [-0.15, -0.1) is 0 Å². The fourth-order valence-corrected chi connectivity index (χ4v) is 3.38. The van der Waals surface area contributed by atoms with Gasteiger partial charge >= 0.3 is 0 Å². The molecule has 2 aromatic heterocycles. The summed E-state index contributed by atoms with van der Waals surface area (Å²) in [6.45, 7) is 3.92. The van der Waals surface area contributed by atoms with Gasteiger partial charge in [0.25, 0.3) is 0 Å². The van der Waals surface area contributed by atoms with Crippen LogP contribution in [0, 0.1) is 6.92 Å². The molecule has 0 spiro atoms. The molecule has 4 heteroatoms. The summed E-state index contributed by atoms with van der Waals surface area (Å²) < 4.78 is 1.84. The highest BCUT2D eigenvalue weighted by molar-refractivity contribution is 5.78. The van der Waals surface area contributed by atoms with Crippen molar-refractivity contribution in [2.75, 3.05) is 6.54 Å². The van der Waals surface area contributed by atoms with Gasteiger partial charge in [-0.25, -0.2) is 4.98 Å². The number of aromatic nitrogens is 3. The number of pyridine rings is 1. The number of rotatable bonds is 4. The average molecular weight is 292 g/mol. The lowest BCUT2D eigenvalue weighted by molar-refractivity contribution is 0.535. The van der Waals surface area contributed by atoms with Crippen LogP contribution in [0.4, 0.5) is 0 Å². The zero-order valence-corrected chi connectivity index (χ0v) is 13.0. The summed E-state index contributed by atoms with van der Waals surface area (Å²) in [6, 6.07) is 10.9. The molecule has 1 atom stereocenters. The Morgan fingerprint density at radius 1 is 1.32 bits per heavy atom. The molecule has 112 valence electrons. The molecule has 4 nitrogen and oxygen atoms in total. The van der Waals surface area contributed by atoms with Gasteiger partial charge in [-0.2, -0.15) is 5.10 Å². The predicted molar refractivity (Wildman–Crippen MR) is 87.8 cm³/mol. The summed E-state index contributed by atoms with van der Waals surface area (Å²) in [5, 5.41) is 9.14. The van der Waals surface area contributed by atoms with Crippen LogP contribution in [0.15, 0.2) is 36.5 Å². The van der Waals surface area contributed by atoms with Crippen molar-refractivity contribution < 1.29 is 0 Å². The lowest BCUT2D eigenvalue weighted by atomic mass is 9.77. The Labute approximate surface area is 130 Å². The summed E-state index contributed by atoms with van der Waals surface area (Å²) in [7, 11) is 1.94. The molecule has 1 aliphatic rings. The van der Waals surface area contributed by atoms with Crippen LogP contribution in [0.1, 0.15) is 28.3 Å². The van der Waals surface area contributed by atoms with Crippen LogP contribution in [0.5, 0.6) is 0 Å². The summed E-state index contributed by atoms with van der Waals surface area (Å²) in [4.78, 5) is 4.53. The maximum atomic E-state index is 4.53. The van der Waals surface area contributed by atoms with Gasteiger partial charge in [0.05, 0.1) is 5.69 Å². The van der Waals surface area contributed by atoms with Crippen molar-refractivity contribution in [3.05, 3.63) is 58.9 Å². The van der Waals surface area contributed by atoms with Crippen molar-refractivity contribution in [3.63, 3.8) is 0 Å². The minimum atomic E-state index is 0.660. The number of hydrogen-bond acceptors (Lipinski definition) is 3. The largest absolute Gasteiger partial charge is 0.312 e. The lowest BCUT2D eigenvalue weighted by Crippen LogP contribution is -2.28. The molecule has 1 N–H and O–H groups in total. The van der Waals surface area contributed by atoms with Gasteiger partial charge in [-0.05, 0) is 36.1 Å². The van der Waals surface area contributed by atoms with E-state index >= 15 is 0 Å². The Kier molecular flexibility index (Phi) is 3.19. The van der Waals surface area contributed by atoms with E-state index in [4.69, 9.17) is 0 Å². The monoisotopic (exact) mass is 292 g/mol. The van der Waals surface area contributed by atoms with Gasteiger partial charge in [-0.1, -0.05) is 24.3 Å². The number of fused-ring (bicyclic) bond motifs is 2. The molecule has 4 rings (SSSR count). The maximum Gasteiger partial charge on any atom is 0.157 e. The highest BCUT2D eigenvalue weighted by atomic mass is 15.3. The second-order valence-corrected chi connectivity index (χ2v) is 6.15. The van der Waals surface area contributed by atoms with Crippen molar-refractivity contribution in [2.45, 2.75) is 25.8 Å². The summed E-state index contributed by atoms with van der Waals surface area (Å²) in [5.41, 5.74) is 6.22. The van der Waals surface area contributed by atoms with Crippen LogP contribution in [0.25, 0.3) is 11.0 Å². The van der Waals surface area contributed by atoms with E-state index in [1.807, 2.05) is 24.9 Å². The van der Waals surface area contributed by atoms with Gasteiger partial charge in [0.1, 0.15) is 0 Å². The minimum absolute atomic E-state index is 0.660. The fraction of sp³-hybridized carbons (Fsp3) is 0.333. The van der Waals surface area contributed by atoms with E-state index in [2.05, 4.69) is 45.7 Å². The molecule has 0 amide bonds. The van der Waals surface area contributed by atoms with Crippen molar-refractivity contribution in [1.82, 2.24) is 20.1 Å². The lowest BCUT2D eigenvalue weighted by Gasteiger charge is -2.30. The zero-order valence-electron chi connectivity index (χ0n) is 13.0. The molecule has 3 aromatic rings. The summed E-state index contributed by atoms with van der Waals surface area (Å²) >= 11 is 0. The van der Waals surface area contributed by atoms with E-state index in [1.165, 1.54) is 23.1 Å². The van der Waals surface area contributed by atoms with Crippen LogP contribution in [-0.4, -0.2) is 21.3 Å². The highest BCUT2D eigenvalue weighted by Crippen LogP contribution is 2.34. The van der Waals surface area contributed by atoms with Crippen LogP contribution in [-0.2, 0) is 20.0 Å². The van der Waals surface area contributed by atoms with Crippen LogP contribution < -0.4 is 5.32 Å². The Hall–Kier alpha value is -2.20. The number of hydrogen-bond donors (Lipinski definition) is 1. The highest BCUT2D eigenvalue weighted by Gasteiger charge is 2.24. The normalized spacial score (nSPS) is 16.5. The molecule has 1 unspecified atom stereocenters. The van der Waals surface area contributed by atoms with Crippen molar-refractivity contribution in [1.29, 1.82) is 0 Å². The second-order valence-electron chi connectivity index (χ2n) is 6.15. The molecule has 0 saturated heterocycles. The van der Waals surface area contributed by atoms with E-state index in [0.29, 0.717) is 5.92 Å². The third-order valence-electron chi connectivity index (χ3n) is 4.60. The first-order valence-corrected chi connectivity index (χ1v) is 7.79. The molecule has 0 fully saturated rings. The van der Waals surface area contributed by atoms with Gasteiger partial charge < -0.3 is 5.32 Å². The predicted octanol–water partition coefficient (Wildman–Crippen LogP) is 2.71. The quantitative estimate of drug-likeness (QED) is 0.804. The Morgan fingerprint density at radius 3 is 3.05 bits per heavy atom. The Bertz CT molecular complexity index is 834. The fourth-order valence-electron chi connectivity index (χ4n) is 3.38. The number of nitrogens with one attached hydrogen (secondary N) is 1. The Morgan fingerprint density at radius 2 is 2.18 bits per heavy atom. The third kappa shape index (κ3) is 2.20. The molecular weight excluding hydrogens is 272 g/mol. The minimum Gasteiger partial charge on any atom is -0.312 e. The Balaban J connectivity index is 1.41.